The Hall–Kier alpha value is -0.940. The molecule has 5 heteroatoms. The fourth-order valence-electron chi connectivity index (χ4n) is 0.921. The minimum Gasteiger partial charge on any atom is -0.326 e. The molecule has 0 atom stereocenters. The van der Waals surface area contributed by atoms with Crippen molar-refractivity contribution in [2.45, 2.75) is 27.3 Å². The smallest absolute Gasteiger partial charge is 0.228 e. The van der Waals surface area contributed by atoms with E-state index in [1.54, 1.807) is 0 Å². The molecule has 0 saturated heterocycles. The van der Waals surface area contributed by atoms with Gasteiger partial charge in [-0.2, -0.15) is 0 Å². The van der Waals surface area contributed by atoms with Crippen LogP contribution in [0.2, 0.25) is 0 Å². The molecular formula is C9H15N3OS. The highest BCUT2D eigenvalue weighted by Gasteiger charge is 2.11. The van der Waals surface area contributed by atoms with E-state index in [-0.39, 0.29) is 11.8 Å². The van der Waals surface area contributed by atoms with Crippen molar-refractivity contribution in [3.63, 3.8) is 0 Å². The Labute approximate surface area is 87.5 Å². The van der Waals surface area contributed by atoms with Crippen LogP contribution in [0, 0.1) is 12.8 Å². The van der Waals surface area contributed by atoms with Gasteiger partial charge in [0.2, 0.25) is 5.91 Å². The van der Waals surface area contributed by atoms with E-state index >= 15 is 0 Å². The fourth-order valence-corrected chi connectivity index (χ4v) is 1.76. The topological polar surface area (TPSA) is 68.0 Å². The predicted octanol–water partition coefficient (Wildman–Crippen LogP) is 1.50. The van der Waals surface area contributed by atoms with E-state index < -0.39 is 0 Å². The first-order valence-corrected chi connectivity index (χ1v) is 5.33. The van der Waals surface area contributed by atoms with Crippen LogP contribution in [-0.4, -0.2) is 10.9 Å². The highest BCUT2D eigenvalue weighted by molar-refractivity contribution is 7.15. The molecule has 0 aromatic carbocycles. The number of hydrogen-bond donors (Lipinski definition) is 2. The van der Waals surface area contributed by atoms with Gasteiger partial charge in [-0.05, 0) is 6.92 Å². The Morgan fingerprint density at radius 1 is 1.64 bits per heavy atom. The van der Waals surface area contributed by atoms with Crippen LogP contribution >= 0.6 is 11.3 Å². The van der Waals surface area contributed by atoms with Crippen molar-refractivity contribution in [1.29, 1.82) is 0 Å². The number of carbonyl (C=O) groups excluding carboxylic acids is 1. The SMILES string of the molecule is Cc1nc(NC(=O)C(C)C)sc1CN. The summed E-state index contributed by atoms with van der Waals surface area (Å²) in [5.74, 6) is -0.0390. The Morgan fingerprint density at radius 3 is 2.71 bits per heavy atom. The van der Waals surface area contributed by atoms with Crippen LogP contribution in [0.25, 0.3) is 0 Å². The van der Waals surface area contributed by atoms with Crippen LogP contribution in [-0.2, 0) is 11.3 Å². The molecule has 0 aliphatic carbocycles. The van der Waals surface area contributed by atoms with E-state index in [0.717, 1.165) is 10.6 Å². The average Bonchev–Trinajstić information content (AvgIpc) is 2.45. The van der Waals surface area contributed by atoms with Crippen molar-refractivity contribution < 1.29 is 4.79 Å². The molecule has 3 N–H and O–H groups in total. The van der Waals surface area contributed by atoms with Crippen molar-refractivity contribution in [2.24, 2.45) is 11.7 Å². The summed E-state index contributed by atoms with van der Waals surface area (Å²) in [5.41, 5.74) is 6.41. The van der Waals surface area contributed by atoms with Gasteiger partial charge >= 0.3 is 0 Å². The number of aryl methyl sites for hydroxylation is 1. The van der Waals surface area contributed by atoms with E-state index in [1.165, 1.54) is 11.3 Å². The molecule has 78 valence electrons. The number of thiazole rings is 1. The van der Waals surface area contributed by atoms with Crippen molar-refractivity contribution in [1.82, 2.24) is 4.98 Å². The zero-order valence-electron chi connectivity index (χ0n) is 8.63. The summed E-state index contributed by atoms with van der Waals surface area (Å²) in [6.07, 6.45) is 0. The van der Waals surface area contributed by atoms with Gasteiger partial charge < -0.3 is 11.1 Å². The second kappa shape index (κ2) is 4.52. The number of nitrogens with zero attached hydrogens (tertiary/aromatic N) is 1. The van der Waals surface area contributed by atoms with Gasteiger partial charge in [-0.1, -0.05) is 13.8 Å². The third-order valence-corrected chi connectivity index (χ3v) is 2.93. The number of carbonyl (C=O) groups is 1. The zero-order chi connectivity index (χ0) is 10.7. The van der Waals surface area contributed by atoms with Gasteiger partial charge in [0.15, 0.2) is 5.13 Å². The summed E-state index contributed by atoms with van der Waals surface area (Å²) in [6.45, 7) is 6.06. The number of anilines is 1. The van der Waals surface area contributed by atoms with Crippen molar-refractivity contribution >= 4 is 22.4 Å². The van der Waals surface area contributed by atoms with E-state index in [9.17, 15) is 4.79 Å². The highest BCUT2D eigenvalue weighted by Crippen LogP contribution is 2.22. The van der Waals surface area contributed by atoms with Gasteiger partial charge in [0, 0.05) is 17.3 Å². The minimum absolute atomic E-state index is 0.0117. The first kappa shape index (κ1) is 11.1. The summed E-state index contributed by atoms with van der Waals surface area (Å²) in [6, 6.07) is 0. The molecule has 14 heavy (non-hydrogen) atoms. The summed E-state index contributed by atoms with van der Waals surface area (Å²) < 4.78 is 0. The maximum Gasteiger partial charge on any atom is 0.228 e. The third kappa shape index (κ3) is 2.52. The fraction of sp³-hybridized carbons (Fsp3) is 0.556. The van der Waals surface area contributed by atoms with Gasteiger partial charge in [0.05, 0.1) is 5.69 Å². The summed E-state index contributed by atoms with van der Waals surface area (Å²) in [5, 5.41) is 3.39. The first-order chi connectivity index (χ1) is 6.54. The van der Waals surface area contributed by atoms with E-state index in [1.807, 2.05) is 20.8 Å². The van der Waals surface area contributed by atoms with Crippen LogP contribution in [0.1, 0.15) is 24.4 Å². The number of hydrogen-bond acceptors (Lipinski definition) is 4. The van der Waals surface area contributed by atoms with E-state index in [2.05, 4.69) is 10.3 Å². The van der Waals surface area contributed by atoms with Crippen LogP contribution in [0.3, 0.4) is 0 Å². The third-order valence-electron chi connectivity index (χ3n) is 1.83. The lowest BCUT2D eigenvalue weighted by molar-refractivity contribution is -0.118. The van der Waals surface area contributed by atoms with Gasteiger partial charge in [-0.15, -0.1) is 11.3 Å². The summed E-state index contributed by atoms with van der Waals surface area (Å²) >= 11 is 1.44. The Kier molecular flexibility index (Phi) is 3.60. The Balaban J connectivity index is 2.73. The summed E-state index contributed by atoms with van der Waals surface area (Å²) in [7, 11) is 0. The number of nitrogens with one attached hydrogen (secondary N) is 1. The largest absolute Gasteiger partial charge is 0.326 e. The molecular weight excluding hydrogens is 198 g/mol. The lowest BCUT2D eigenvalue weighted by atomic mass is 10.2. The second-order valence-electron chi connectivity index (χ2n) is 3.38. The monoisotopic (exact) mass is 213 g/mol. The molecule has 0 bridgehead atoms. The van der Waals surface area contributed by atoms with Crippen molar-refractivity contribution in [3.8, 4) is 0 Å². The van der Waals surface area contributed by atoms with Gasteiger partial charge in [0.1, 0.15) is 0 Å². The average molecular weight is 213 g/mol. The molecule has 0 radical (unpaired) electrons. The quantitative estimate of drug-likeness (QED) is 0.799. The van der Waals surface area contributed by atoms with Gasteiger partial charge in [-0.25, -0.2) is 4.98 Å². The molecule has 1 aromatic heterocycles. The maximum atomic E-state index is 11.3. The molecule has 0 unspecified atom stereocenters. The van der Waals surface area contributed by atoms with Crippen LogP contribution in [0.4, 0.5) is 5.13 Å². The standard InChI is InChI=1S/C9H15N3OS/c1-5(2)8(13)12-9-11-6(3)7(4-10)14-9/h5H,4,10H2,1-3H3,(H,11,12,13). The van der Waals surface area contributed by atoms with Crippen LogP contribution in [0.15, 0.2) is 0 Å². The Morgan fingerprint density at radius 2 is 2.29 bits per heavy atom. The van der Waals surface area contributed by atoms with Gasteiger partial charge in [-0.3, -0.25) is 4.79 Å². The molecule has 1 amide bonds. The number of nitrogens with two attached hydrogens (primary N) is 1. The molecule has 1 rings (SSSR count). The number of amides is 1. The lowest BCUT2D eigenvalue weighted by Gasteiger charge is -2.02. The number of aromatic nitrogens is 1. The predicted molar refractivity (Wildman–Crippen MR) is 58.2 cm³/mol. The maximum absolute atomic E-state index is 11.3. The molecule has 0 saturated carbocycles. The molecule has 0 spiro atoms. The highest BCUT2D eigenvalue weighted by atomic mass is 32.1. The second-order valence-corrected chi connectivity index (χ2v) is 4.46. The molecule has 1 aromatic rings. The van der Waals surface area contributed by atoms with Crippen molar-refractivity contribution in [3.05, 3.63) is 10.6 Å². The van der Waals surface area contributed by atoms with Crippen LogP contribution in [0.5, 0.6) is 0 Å². The molecule has 1 heterocycles. The Bertz CT molecular complexity index is 333. The molecule has 0 aliphatic rings. The zero-order valence-corrected chi connectivity index (χ0v) is 9.44. The van der Waals surface area contributed by atoms with E-state index in [4.69, 9.17) is 5.73 Å². The molecule has 0 aliphatic heterocycles. The normalized spacial score (nSPS) is 10.6. The lowest BCUT2D eigenvalue weighted by Crippen LogP contribution is -2.17. The first-order valence-electron chi connectivity index (χ1n) is 4.51. The summed E-state index contributed by atoms with van der Waals surface area (Å²) in [4.78, 5) is 16.6. The molecule has 4 nitrogen and oxygen atoms in total. The van der Waals surface area contributed by atoms with E-state index in [0.29, 0.717) is 11.7 Å². The van der Waals surface area contributed by atoms with Crippen molar-refractivity contribution in [2.75, 3.05) is 5.32 Å². The minimum atomic E-state index is -0.0273. The van der Waals surface area contributed by atoms with Crippen LogP contribution < -0.4 is 11.1 Å². The van der Waals surface area contributed by atoms with Gasteiger partial charge in [0.25, 0.3) is 0 Å². The number of rotatable bonds is 3. The molecule has 0 fully saturated rings.